The molecule has 1 aliphatic heterocycles. The van der Waals surface area contributed by atoms with Crippen molar-refractivity contribution in [1.82, 2.24) is 10.2 Å². The lowest BCUT2D eigenvalue weighted by Crippen LogP contribution is -2.39. The van der Waals surface area contributed by atoms with Gasteiger partial charge in [0.1, 0.15) is 0 Å². The topological polar surface area (TPSA) is 24.5 Å². The summed E-state index contributed by atoms with van der Waals surface area (Å²) in [7, 11) is 1.81. The number of rotatable bonds is 6. The molecule has 1 N–H and O–H groups in total. The van der Waals surface area contributed by atoms with E-state index in [2.05, 4.69) is 31.0 Å². The highest BCUT2D eigenvalue weighted by molar-refractivity contribution is 4.78. The normalized spacial score (nSPS) is 23.6. The molecule has 1 aliphatic rings. The van der Waals surface area contributed by atoms with Crippen LogP contribution < -0.4 is 5.32 Å². The third kappa shape index (κ3) is 5.84. The van der Waals surface area contributed by atoms with Crippen LogP contribution in [0, 0.1) is 0 Å². The summed E-state index contributed by atoms with van der Waals surface area (Å²) in [5.41, 5.74) is 0.0139. The number of nitrogens with zero attached hydrogens (tertiary/aromatic N) is 1. The highest BCUT2D eigenvalue weighted by atomic mass is 16.5. The van der Waals surface area contributed by atoms with Gasteiger partial charge in [-0.3, -0.25) is 0 Å². The van der Waals surface area contributed by atoms with Crippen LogP contribution >= 0.6 is 0 Å². The molecule has 0 aliphatic carbocycles. The minimum absolute atomic E-state index is 0.0139. The second kappa shape index (κ2) is 7.34. The number of hydrogen-bond donors (Lipinski definition) is 1. The molecular weight excluding hydrogens is 212 g/mol. The first kappa shape index (κ1) is 14.9. The molecule has 102 valence electrons. The Hall–Kier alpha value is -0.120. The van der Waals surface area contributed by atoms with E-state index >= 15 is 0 Å². The van der Waals surface area contributed by atoms with Gasteiger partial charge < -0.3 is 15.0 Å². The van der Waals surface area contributed by atoms with Crippen molar-refractivity contribution in [2.45, 2.75) is 58.1 Å². The van der Waals surface area contributed by atoms with Crippen LogP contribution in [0.1, 0.15) is 46.5 Å². The lowest BCUT2D eigenvalue weighted by atomic mass is 10.0. The summed E-state index contributed by atoms with van der Waals surface area (Å²) in [6.45, 7) is 11.4. The number of hydrogen-bond acceptors (Lipinski definition) is 3. The Morgan fingerprint density at radius 1 is 1.41 bits per heavy atom. The summed E-state index contributed by atoms with van der Waals surface area (Å²) in [6.07, 6.45) is 4.95. The zero-order chi connectivity index (χ0) is 12.7. The van der Waals surface area contributed by atoms with Gasteiger partial charge in [-0.25, -0.2) is 0 Å². The monoisotopic (exact) mass is 242 g/mol. The van der Waals surface area contributed by atoms with Gasteiger partial charge in [-0.15, -0.1) is 0 Å². The van der Waals surface area contributed by atoms with E-state index in [-0.39, 0.29) is 5.60 Å². The van der Waals surface area contributed by atoms with Gasteiger partial charge >= 0.3 is 0 Å². The van der Waals surface area contributed by atoms with E-state index in [0.717, 1.165) is 13.0 Å². The number of nitrogens with one attached hydrogen (secondary N) is 1. The third-order valence-corrected chi connectivity index (χ3v) is 3.78. The minimum atomic E-state index is 0.0139. The Balaban J connectivity index is 2.35. The van der Waals surface area contributed by atoms with E-state index in [4.69, 9.17) is 4.74 Å². The predicted octanol–water partition coefficient (Wildman–Crippen LogP) is 2.27. The molecule has 17 heavy (non-hydrogen) atoms. The molecular formula is C14H30N2O. The van der Waals surface area contributed by atoms with Crippen LogP contribution in [0.15, 0.2) is 0 Å². The minimum Gasteiger partial charge on any atom is -0.379 e. The fourth-order valence-electron chi connectivity index (χ4n) is 2.35. The zero-order valence-electron chi connectivity index (χ0n) is 12.1. The molecule has 0 saturated carbocycles. The summed E-state index contributed by atoms with van der Waals surface area (Å²) in [6, 6.07) is 0.688. The molecule has 1 atom stereocenters. The molecule has 0 radical (unpaired) electrons. The molecule has 3 heteroatoms. The molecule has 1 unspecified atom stereocenters. The number of methoxy groups -OCH3 is 1. The van der Waals surface area contributed by atoms with Gasteiger partial charge in [-0.2, -0.15) is 0 Å². The van der Waals surface area contributed by atoms with Gasteiger partial charge in [0.2, 0.25) is 0 Å². The summed E-state index contributed by atoms with van der Waals surface area (Å²) in [5.74, 6) is 0. The maximum atomic E-state index is 5.49. The van der Waals surface area contributed by atoms with Crippen molar-refractivity contribution in [3.63, 3.8) is 0 Å². The van der Waals surface area contributed by atoms with Crippen molar-refractivity contribution in [1.29, 1.82) is 0 Å². The lowest BCUT2D eigenvalue weighted by Gasteiger charge is -2.29. The van der Waals surface area contributed by atoms with Gasteiger partial charge in [0, 0.05) is 26.2 Å². The van der Waals surface area contributed by atoms with Crippen molar-refractivity contribution in [3.05, 3.63) is 0 Å². The SMILES string of the molecule is CCCC1CN(CCC(C)(C)OC)CCCN1. The molecule has 1 fully saturated rings. The second-order valence-corrected chi connectivity index (χ2v) is 5.81. The first-order valence-electron chi connectivity index (χ1n) is 7.08. The largest absolute Gasteiger partial charge is 0.379 e. The smallest absolute Gasteiger partial charge is 0.0634 e. The van der Waals surface area contributed by atoms with Crippen LogP contribution in [0.25, 0.3) is 0 Å². The standard InChI is InChI=1S/C14H30N2O/c1-5-7-13-12-16(10-6-9-15-13)11-8-14(2,3)17-4/h13,15H,5-12H2,1-4H3. The van der Waals surface area contributed by atoms with E-state index < -0.39 is 0 Å². The van der Waals surface area contributed by atoms with Crippen molar-refractivity contribution in [2.24, 2.45) is 0 Å². The lowest BCUT2D eigenvalue weighted by molar-refractivity contribution is 0.00728. The van der Waals surface area contributed by atoms with Crippen LogP contribution in [0.3, 0.4) is 0 Å². The molecule has 0 bridgehead atoms. The van der Waals surface area contributed by atoms with Crippen LogP contribution in [0.2, 0.25) is 0 Å². The average molecular weight is 242 g/mol. The summed E-state index contributed by atoms with van der Waals surface area (Å²) in [4.78, 5) is 2.60. The number of ether oxygens (including phenoxy) is 1. The highest BCUT2D eigenvalue weighted by Gasteiger charge is 2.21. The zero-order valence-corrected chi connectivity index (χ0v) is 12.1. The summed E-state index contributed by atoms with van der Waals surface area (Å²) >= 11 is 0. The van der Waals surface area contributed by atoms with Gasteiger partial charge in [0.15, 0.2) is 0 Å². The Kier molecular flexibility index (Phi) is 6.45. The van der Waals surface area contributed by atoms with E-state index in [1.165, 1.54) is 38.9 Å². The van der Waals surface area contributed by atoms with Crippen molar-refractivity contribution in [2.75, 3.05) is 33.3 Å². The molecule has 0 aromatic rings. The quantitative estimate of drug-likeness (QED) is 0.773. The van der Waals surface area contributed by atoms with E-state index in [1.807, 2.05) is 7.11 Å². The van der Waals surface area contributed by atoms with Gasteiger partial charge in [-0.05, 0) is 46.2 Å². The predicted molar refractivity (Wildman–Crippen MR) is 73.5 cm³/mol. The van der Waals surface area contributed by atoms with Crippen LogP contribution in [0.4, 0.5) is 0 Å². The fraction of sp³-hybridized carbons (Fsp3) is 1.00. The van der Waals surface area contributed by atoms with E-state index in [9.17, 15) is 0 Å². The van der Waals surface area contributed by atoms with Gasteiger partial charge in [0.25, 0.3) is 0 Å². The molecule has 1 heterocycles. The molecule has 1 rings (SSSR count). The Morgan fingerprint density at radius 3 is 2.82 bits per heavy atom. The molecule has 0 spiro atoms. The fourth-order valence-corrected chi connectivity index (χ4v) is 2.35. The van der Waals surface area contributed by atoms with Crippen molar-refractivity contribution in [3.8, 4) is 0 Å². The third-order valence-electron chi connectivity index (χ3n) is 3.78. The van der Waals surface area contributed by atoms with Crippen LogP contribution in [-0.2, 0) is 4.74 Å². The summed E-state index contributed by atoms with van der Waals surface area (Å²) in [5, 5.41) is 3.65. The Labute approximate surface area is 107 Å². The van der Waals surface area contributed by atoms with E-state index in [0.29, 0.717) is 6.04 Å². The average Bonchev–Trinajstić information content (AvgIpc) is 2.53. The molecule has 0 aromatic heterocycles. The summed E-state index contributed by atoms with van der Waals surface area (Å²) < 4.78 is 5.49. The maximum Gasteiger partial charge on any atom is 0.0634 e. The molecule has 3 nitrogen and oxygen atoms in total. The van der Waals surface area contributed by atoms with Gasteiger partial charge in [-0.1, -0.05) is 13.3 Å². The van der Waals surface area contributed by atoms with Crippen LogP contribution in [-0.4, -0.2) is 49.8 Å². The molecule has 1 saturated heterocycles. The Morgan fingerprint density at radius 2 is 2.18 bits per heavy atom. The first-order valence-corrected chi connectivity index (χ1v) is 7.08. The first-order chi connectivity index (χ1) is 8.07. The maximum absolute atomic E-state index is 5.49. The van der Waals surface area contributed by atoms with Gasteiger partial charge in [0.05, 0.1) is 5.60 Å². The Bertz CT molecular complexity index is 206. The van der Waals surface area contributed by atoms with E-state index in [1.54, 1.807) is 0 Å². The molecule has 0 amide bonds. The van der Waals surface area contributed by atoms with Crippen molar-refractivity contribution < 1.29 is 4.74 Å². The van der Waals surface area contributed by atoms with Crippen molar-refractivity contribution >= 4 is 0 Å². The van der Waals surface area contributed by atoms with Crippen LogP contribution in [0.5, 0.6) is 0 Å². The highest BCUT2D eigenvalue weighted by Crippen LogP contribution is 2.15. The molecule has 0 aromatic carbocycles. The second-order valence-electron chi connectivity index (χ2n) is 5.81.